The first-order valence-electron chi connectivity index (χ1n) is 6.27. The molecule has 2 rings (SSSR count). The van der Waals surface area contributed by atoms with Crippen molar-refractivity contribution in [1.82, 2.24) is 4.98 Å². The number of rotatable bonds is 4. The monoisotopic (exact) mass is 311 g/mol. The number of aliphatic hydroxyl groups excluding tert-OH is 3. The topological polar surface area (TPSA) is 140 Å². The van der Waals surface area contributed by atoms with Crippen molar-refractivity contribution in [2.75, 3.05) is 20.3 Å². The van der Waals surface area contributed by atoms with Crippen LogP contribution in [0.25, 0.3) is 10.9 Å². The van der Waals surface area contributed by atoms with Gasteiger partial charge in [-0.3, -0.25) is 4.79 Å². The fourth-order valence-corrected chi connectivity index (χ4v) is 1.59. The van der Waals surface area contributed by atoms with E-state index < -0.39 is 12.1 Å². The van der Waals surface area contributed by atoms with E-state index in [0.717, 1.165) is 0 Å². The fraction of sp³-hybridized carbons (Fsp3) is 0.286. The first-order valence-corrected chi connectivity index (χ1v) is 6.27. The summed E-state index contributed by atoms with van der Waals surface area (Å²) in [5, 5.41) is 33.3. The maximum absolute atomic E-state index is 11.5. The van der Waals surface area contributed by atoms with Crippen LogP contribution in [0.5, 0.6) is 5.75 Å². The highest BCUT2D eigenvalue weighted by molar-refractivity contribution is 5.96. The molecule has 8 nitrogen and oxygen atoms in total. The van der Waals surface area contributed by atoms with E-state index in [9.17, 15) is 9.59 Å². The average Bonchev–Trinajstić information content (AvgIpc) is 2.53. The number of aromatic amines is 1. The van der Waals surface area contributed by atoms with Gasteiger partial charge in [0.05, 0.1) is 25.8 Å². The molecule has 5 N–H and O–H groups in total. The molecule has 1 aromatic heterocycles. The van der Waals surface area contributed by atoms with E-state index in [1.54, 1.807) is 0 Å². The summed E-state index contributed by atoms with van der Waals surface area (Å²) in [5.41, 5.74) is 0.306. The van der Waals surface area contributed by atoms with Crippen molar-refractivity contribution in [2.45, 2.75) is 6.10 Å². The second kappa shape index (κ2) is 8.13. The Morgan fingerprint density at radius 2 is 1.95 bits per heavy atom. The number of carbonyl (C=O) groups is 1. The molecule has 2 aromatic rings. The summed E-state index contributed by atoms with van der Waals surface area (Å²) in [7, 11) is 1.38. The van der Waals surface area contributed by atoms with Crippen LogP contribution in [0.2, 0.25) is 0 Å². The van der Waals surface area contributed by atoms with Crippen LogP contribution < -0.4 is 10.2 Å². The largest absolute Gasteiger partial charge is 0.496 e. The molecule has 8 heteroatoms. The van der Waals surface area contributed by atoms with Gasteiger partial charge < -0.3 is 30.1 Å². The molecule has 120 valence electrons. The molecule has 0 saturated heterocycles. The summed E-state index contributed by atoms with van der Waals surface area (Å²) < 4.78 is 4.95. The number of hydrogen-bond acceptors (Lipinski definition) is 6. The van der Waals surface area contributed by atoms with Gasteiger partial charge in [0, 0.05) is 23.7 Å². The minimum atomic E-state index is -1.12. The Balaban J connectivity index is 0.000000346. The van der Waals surface area contributed by atoms with Crippen molar-refractivity contribution < 1.29 is 30.0 Å². The number of methoxy groups -OCH3 is 1. The zero-order valence-electron chi connectivity index (χ0n) is 11.8. The van der Waals surface area contributed by atoms with Crippen molar-refractivity contribution in [3.63, 3.8) is 0 Å². The number of pyridine rings is 1. The second-order valence-corrected chi connectivity index (χ2v) is 4.26. The third kappa shape index (κ3) is 4.29. The van der Waals surface area contributed by atoms with Crippen LogP contribution in [-0.2, 0) is 0 Å². The quantitative estimate of drug-likeness (QED) is 0.516. The number of hydrogen-bond donors (Lipinski definition) is 5. The number of aromatic nitrogens is 1. The first-order chi connectivity index (χ1) is 10.4. The van der Waals surface area contributed by atoms with Crippen LogP contribution in [-0.4, -0.2) is 57.8 Å². The van der Waals surface area contributed by atoms with Crippen molar-refractivity contribution in [3.8, 4) is 5.75 Å². The SMILES string of the molecule is COc1cc2[nH]ccc(=O)c2cc1C(=O)O.OCC(O)CO. The van der Waals surface area contributed by atoms with E-state index in [-0.39, 0.29) is 30.0 Å². The van der Waals surface area contributed by atoms with Crippen LogP contribution in [0.3, 0.4) is 0 Å². The van der Waals surface area contributed by atoms with Gasteiger partial charge >= 0.3 is 5.97 Å². The molecule has 0 aliphatic rings. The molecular weight excluding hydrogens is 294 g/mol. The zero-order chi connectivity index (χ0) is 16.7. The molecule has 0 atom stereocenters. The Kier molecular flexibility index (Phi) is 6.51. The highest BCUT2D eigenvalue weighted by Gasteiger charge is 2.13. The average molecular weight is 311 g/mol. The molecule has 0 radical (unpaired) electrons. The lowest BCUT2D eigenvalue weighted by atomic mass is 10.1. The van der Waals surface area contributed by atoms with Crippen LogP contribution in [0.4, 0.5) is 0 Å². The molecule has 0 aliphatic heterocycles. The highest BCUT2D eigenvalue weighted by Crippen LogP contribution is 2.22. The van der Waals surface area contributed by atoms with Crippen LogP contribution >= 0.6 is 0 Å². The summed E-state index contributed by atoms with van der Waals surface area (Å²) in [4.78, 5) is 25.3. The van der Waals surface area contributed by atoms with Crippen molar-refractivity contribution in [3.05, 3.63) is 40.2 Å². The molecule has 0 unspecified atom stereocenters. The third-order valence-electron chi connectivity index (χ3n) is 2.73. The highest BCUT2D eigenvalue weighted by atomic mass is 16.5. The molecule has 0 aliphatic carbocycles. The summed E-state index contributed by atoms with van der Waals surface area (Å²) in [6.45, 7) is -0.729. The summed E-state index contributed by atoms with van der Waals surface area (Å²) in [5.74, 6) is -0.899. The standard InChI is InChI=1S/C11H9NO4.C3H8O3/c1-16-10-5-8-6(4-7(10)11(14)15)9(13)2-3-12-8;4-1-3(6)2-5/h2-5H,1H3,(H,12,13)(H,14,15);3-6H,1-2H2. The van der Waals surface area contributed by atoms with E-state index in [4.69, 9.17) is 25.2 Å². The number of carboxylic acid groups (broad SMARTS) is 1. The van der Waals surface area contributed by atoms with Gasteiger partial charge in [0.25, 0.3) is 0 Å². The smallest absolute Gasteiger partial charge is 0.339 e. The Bertz CT molecular complexity index is 691. The number of ether oxygens (including phenoxy) is 1. The number of carboxylic acids is 1. The van der Waals surface area contributed by atoms with Crippen LogP contribution in [0, 0.1) is 0 Å². The summed E-state index contributed by atoms with van der Waals surface area (Å²) >= 11 is 0. The van der Waals surface area contributed by atoms with Crippen LogP contribution in [0.1, 0.15) is 10.4 Å². The molecule has 0 saturated carbocycles. The molecular formula is C14H17NO7. The first kappa shape index (κ1) is 17.6. The number of benzene rings is 1. The number of aliphatic hydroxyl groups is 3. The van der Waals surface area contributed by atoms with Gasteiger partial charge in [0.2, 0.25) is 0 Å². The van der Waals surface area contributed by atoms with E-state index in [0.29, 0.717) is 10.9 Å². The number of fused-ring (bicyclic) bond motifs is 1. The van der Waals surface area contributed by atoms with E-state index in [1.807, 2.05) is 0 Å². The number of nitrogens with one attached hydrogen (secondary N) is 1. The Hall–Kier alpha value is -2.42. The van der Waals surface area contributed by atoms with Crippen molar-refractivity contribution in [1.29, 1.82) is 0 Å². The number of H-pyrrole nitrogens is 1. The van der Waals surface area contributed by atoms with Crippen LogP contribution in [0.15, 0.2) is 29.2 Å². The Morgan fingerprint density at radius 3 is 2.41 bits per heavy atom. The van der Waals surface area contributed by atoms with Crippen molar-refractivity contribution >= 4 is 16.9 Å². The third-order valence-corrected chi connectivity index (χ3v) is 2.73. The molecule has 0 fully saturated rings. The predicted octanol–water partition coefficient (Wildman–Crippen LogP) is -0.433. The van der Waals surface area contributed by atoms with Gasteiger partial charge in [0.1, 0.15) is 17.4 Å². The lowest BCUT2D eigenvalue weighted by Crippen LogP contribution is -2.15. The molecule has 1 aromatic carbocycles. The maximum Gasteiger partial charge on any atom is 0.339 e. The lowest BCUT2D eigenvalue weighted by molar-refractivity contribution is 0.0450. The van der Waals surface area contributed by atoms with Gasteiger partial charge in [-0.05, 0) is 6.07 Å². The maximum atomic E-state index is 11.5. The van der Waals surface area contributed by atoms with Gasteiger partial charge in [-0.15, -0.1) is 0 Å². The van der Waals surface area contributed by atoms with E-state index >= 15 is 0 Å². The molecule has 1 heterocycles. The molecule has 0 amide bonds. The second-order valence-electron chi connectivity index (χ2n) is 4.26. The number of aromatic carboxylic acids is 1. The minimum absolute atomic E-state index is 0.0216. The predicted molar refractivity (Wildman–Crippen MR) is 78.3 cm³/mol. The lowest BCUT2D eigenvalue weighted by Gasteiger charge is -2.06. The van der Waals surface area contributed by atoms with Gasteiger partial charge in [0.15, 0.2) is 5.43 Å². The van der Waals surface area contributed by atoms with Crippen molar-refractivity contribution in [2.24, 2.45) is 0 Å². The minimum Gasteiger partial charge on any atom is -0.496 e. The van der Waals surface area contributed by atoms with Gasteiger partial charge in [-0.2, -0.15) is 0 Å². The van der Waals surface area contributed by atoms with Gasteiger partial charge in [-0.25, -0.2) is 4.79 Å². The fourth-order valence-electron chi connectivity index (χ4n) is 1.59. The normalized spacial score (nSPS) is 10.2. The Labute approximate surface area is 125 Å². The van der Waals surface area contributed by atoms with Gasteiger partial charge in [-0.1, -0.05) is 0 Å². The Morgan fingerprint density at radius 1 is 1.32 bits per heavy atom. The van der Waals surface area contributed by atoms with E-state index in [1.165, 1.54) is 31.5 Å². The molecule has 22 heavy (non-hydrogen) atoms. The summed E-state index contributed by atoms with van der Waals surface area (Å²) in [6.07, 6.45) is 0.551. The zero-order valence-corrected chi connectivity index (χ0v) is 11.8. The summed E-state index contributed by atoms with van der Waals surface area (Å²) in [6, 6.07) is 4.16. The molecule has 0 spiro atoms. The molecule has 0 bridgehead atoms. The van der Waals surface area contributed by atoms with E-state index in [2.05, 4.69) is 4.98 Å².